The molecule has 5 rings (SSSR count). The van der Waals surface area contributed by atoms with Gasteiger partial charge in [0.15, 0.2) is 0 Å². The smallest absolute Gasteiger partial charge is 0.335 e. The van der Waals surface area contributed by atoms with Crippen LogP contribution in [0.2, 0.25) is 0 Å². The molecule has 2 aliphatic heterocycles. The number of benzene rings is 2. The highest BCUT2D eigenvalue weighted by atomic mass is 16.5. The summed E-state index contributed by atoms with van der Waals surface area (Å²) in [6.07, 6.45) is 4.93. The lowest BCUT2D eigenvalue weighted by molar-refractivity contribution is -0.140. The third-order valence-corrected chi connectivity index (χ3v) is 7.64. The molecule has 2 saturated heterocycles. The summed E-state index contributed by atoms with van der Waals surface area (Å²) < 4.78 is 11.1. The lowest BCUT2D eigenvalue weighted by atomic mass is 9.57. The number of carboxylic acid groups (broad SMARTS) is 1. The molecule has 2 heterocycles. The molecule has 6 nitrogen and oxygen atoms in total. The van der Waals surface area contributed by atoms with Crippen molar-refractivity contribution in [2.24, 2.45) is 5.41 Å². The van der Waals surface area contributed by atoms with Crippen LogP contribution in [0.1, 0.15) is 53.9 Å². The van der Waals surface area contributed by atoms with Crippen molar-refractivity contribution in [2.75, 3.05) is 26.8 Å². The Hall–Kier alpha value is -2.86. The van der Waals surface area contributed by atoms with Crippen LogP contribution >= 0.6 is 0 Å². The first-order valence-electron chi connectivity index (χ1n) is 11.4. The van der Waals surface area contributed by atoms with Gasteiger partial charge in [-0.3, -0.25) is 4.79 Å². The second-order valence-corrected chi connectivity index (χ2v) is 9.31. The number of carboxylic acids is 1. The summed E-state index contributed by atoms with van der Waals surface area (Å²) in [5, 5.41) is 9.35. The average molecular weight is 436 g/mol. The molecule has 3 fully saturated rings. The quantitative estimate of drug-likeness (QED) is 0.756. The van der Waals surface area contributed by atoms with Gasteiger partial charge in [0.25, 0.3) is 5.91 Å². The van der Waals surface area contributed by atoms with E-state index in [9.17, 15) is 14.7 Å². The molecule has 1 aliphatic carbocycles. The van der Waals surface area contributed by atoms with Crippen molar-refractivity contribution < 1.29 is 24.2 Å². The van der Waals surface area contributed by atoms with E-state index in [2.05, 4.69) is 24.3 Å². The van der Waals surface area contributed by atoms with Crippen molar-refractivity contribution in [3.63, 3.8) is 0 Å². The molecule has 0 radical (unpaired) electrons. The first kappa shape index (κ1) is 21.0. The van der Waals surface area contributed by atoms with Crippen LogP contribution in [0.5, 0.6) is 5.75 Å². The monoisotopic (exact) mass is 435 g/mol. The topological polar surface area (TPSA) is 76.1 Å². The van der Waals surface area contributed by atoms with Gasteiger partial charge in [0, 0.05) is 25.3 Å². The fraction of sp³-hybridized carbons (Fsp3) is 0.462. The normalized spacial score (nSPS) is 26.8. The Morgan fingerprint density at radius 1 is 1.12 bits per heavy atom. The van der Waals surface area contributed by atoms with Crippen LogP contribution in [0.15, 0.2) is 42.5 Å². The van der Waals surface area contributed by atoms with Gasteiger partial charge < -0.3 is 19.5 Å². The molecular weight excluding hydrogens is 406 g/mol. The number of carbonyl (C=O) groups is 2. The van der Waals surface area contributed by atoms with Crippen LogP contribution in [0.3, 0.4) is 0 Å². The van der Waals surface area contributed by atoms with E-state index in [4.69, 9.17) is 9.47 Å². The van der Waals surface area contributed by atoms with Gasteiger partial charge in [-0.05, 0) is 72.8 Å². The Morgan fingerprint density at radius 3 is 2.56 bits per heavy atom. The maximum atomic E-state index is 12.8. The maximum absolute atomic E-state index is 12.8. The molecule has 3 aliphatic rings. The summed E-state index contributed by atoms with van der Waals surface area (Å²) in [6.45, 7) is 2.35. The number of rotatable bonds is 5. The van der Waals surface area contributed by atoms with Gasteiger partial charge in [0.2, 0.25) is 0 Å². The predicted octanol–water partition coefficient (Wildman–Crippen LogP) is 4.34. The molecule has 2 aromatic rings. The van der Waals surface area contributed by atoms with Crippen LogP contribution in [-0.2, 0) is 9.53 Å². The summed E-state index contributed by atoms with van der Waals surface area (Å²) in [5.74, 6) is 0.323. The van der Waals surface area contributed by atoms with Gasteiger partial charge in [-0.2, -0.15) is 0 Å². The van der Waals surface area contributed by atoms with Crippen LogP contribution in [0, 0.1) is 5.41 Å². The predicted molar refractivity (Wildman–Crippen MR) is 120 cm³/mol. The number of nitrogens with zero attached hydrogens (tertiary/aromatic N) is 1. The van der Waals surface area contributed by atoms with E-state index >= 15 is 0 Å². The zero-order valence-corrected chi connectivity index (χ0v) is 18.4. The van der Waals surface area contributed by atoms with E-state index in [-0.39, 0.29) is 23.0 Å². The Balaban J connectivity index is 1.33. The SMILES string of the molecule is COc1ccc(C(=O)O)cc1-c1ccc([C@@H]2CC[C@@]23CCN(C(=O)[C@H]2CCCO2)C3)cc1. The fourth-order valence-corrected chi connectivity index (χ4v) is 5.73. The van der Waals surface area contributed by atoms with E-state index in [0.29, 0.717) is 18.3 Å². The summed E-state index contributed by atoms with van der Waals surface area (Å²) >= 11 is 0. The van der Waals surface area contributed by atoms with E-state index in [1.807, 2.05) is 4.90 Å². The highest BCUT2D eigenvalue weighted by molar-refractivity contribution is 5.90. The summed E-state index contributed by atoms with van der Waals surface area (Å²) in [4.78, 5) is 26.2. The minimum atomic E-state index is -0.953. The first-order chi connectivity index (χ1) is 15.5. The van der Waals surface area contributed by atoms with Crippen LogP contribution < -0.4 is 4.74 Å². The van der Waals surface area contributed by atoms with Gasteiger partial charge in [-0.15, -0.1) is 0 Å². The number of hydrogen-bond donors (Lipinski definition) is 1. The molecule has 1 spiro atoms. The number of carbonyl (C=O) groups excluding carboxylic acids is 1. The first-order valence-corrected chi connectivity index (χ1v) is 11.4. The molecule has 1 amide bonds. The van der Waals surface area contributed by atoms with Crippen molar-refractivity contribution in [2.45, 2.75) is 44.1 Å². The van der Waals surface area contributed by atoms with Gasteiger partial charge in [-0.25, -0.2) is 4.79 Å². The molecule has 1 saturated carbocycles. The molecule has 1 N–H and O–H groups in total. The maximum Gasteiger partial charge on any atom is 0.335 e. The molecule has 6 heteroatoms. The highest BCUT2D eigenvalue weighted by Crippen LogP contribution is 2.58. The molecule has 2 aromatic carbocycles. The van der Waals surface area contributed by atoms with E-state index < -0.39 is 5.97 Å². The molecule has 3 atom stereocenters. The number of amides is 1. The summed E-state index contributed by atoms with van der Waals surface area (Å²) in [6, 6.07) is 13.3. The number of hydrogen-bond acceptors (Lipinski definition) is 4. The van der Waals surface area contributed by atoms with Gasteiger partial charge >= 0.3 is 5.97 Å². The van der Waals surface area contributed by atoms with Crippen molar-refractivity contribution >= 4 is 11.9 Å². The molecule has 168 valence electrons. The second kappa shape index (κ2) is 8.24. The second-order valence-electron chi connectivity index (χ2n) is 9.31. The Bertz CT molecular complexity index is 1030. The van der Waals surface area contributed by atoms with Gasteiger partial charge in [0.05, 0.1) is 12.7 Å². The third kappa shape index (κ3) is 3.56. The van der Waals surface area contributed by atoms with Gasteiger partial charge in [0.1, 0.15) is 11.9 Å². The zero-order valence-electron chi connectivity index (χ0n) is 18.4. The fourth-order valence-electron chi connectivity index (χ4n) is 5.73. The molecular formula is C26H29NO5. The average Bonchev–Trinajstić information content (AvgIpc) is 3.50. The molecule has 0 aromatic heterocycles. The minimum absolute atomic E-state index is 0.172. The van der Waals surface area contributed by atoms with Crippen molar-refractivity contribution in [1.29, 1.82) is 0 Å². The van der Waals surface area contributed by atoms with E-state index in [1.165, 1.54) is 5.56 Å². The molecule has 32 heavy (non-hydrogen) atoms. The summed E-state index contributed by atoms with van der Waals surface area (Å²) in [7, 11) is 1.59. The van der Waals surface area contributed by atoms with Crippen molar-refractivity contribution in [1.82, 2.24) is 4.90 Å². The Labute approximate surface area is 188 Å². The van der Waals surface area contributed by atoms with E-state index in [0.717, 1.165) is 56.3 Å². The Kier molecular flexibility index (Phi) is 5.41. The number of likely N-dealkylation sites (tertiary alicyclic amines) is 1. The highest BCUT2D eigenvalue weighted by Gasteiger charge is 2.52. The molecule has 0 bridgehead atoms. The largest absolute Gasteiger partial charge is 0.496 e. The zero-order chi connectivity index (χ0) is 22.3. The van der Waals surface area contributed by atoms with Crippen molar-refractivity contribution in [3.05, 3.63) is 53.6 Å². The van der Waals surface area contributed by atoms with Crippen LogP contribution in [0.4, 0.5) is 0 Å². The summed E-state index contributed by atoms with van der Waals surface area (Å²) in [5.41, 5.74) is 3.42. The Morgan fingerprint density at radius 2 is 1.94 bits per heavy atom. The minimum Gasteiger partial charge on any atom is -0.496 e. The van der Waals surface area contributed by atoms with Crippen molar-refractivity contribution in [3.8, 4) is 16.9 Å². The van der Waals surface area contributed by atoms with Crippen LogP contribution in [-0.4, -0.2) is 54.8 Å². The number of methoxy groups -OCH3 is 1. The molecule has 0 unspecified atom stereocenters. The lowest BCUT2D eigenvalue weighted by Crippen LogP contribution is -2.44. The third-order valence-electron chi connectivity index (χ3n) is 7.64. The number of ether oxygens (including phenoxy) is 2. The van der Waals surface area contributed by atoms with Gasteiger partial charge in [-0.1, -0.05) is 24.3 Å². The van der Waals surface area contributed by atoms with E-state index in [1.54, 1.807) is 25.3 Å². The standard InChI is InChI=1S/C26H29NO5/c1-31-22-9-8-19(25(29)30)15-20(22)17-4-6-18(7-5-17)21-10-11-26(21)12-13-27(16-26)24(28)23-3-2-14-32-23/h4-9,15,21,23H,2-3,10-14,16H2,1H3,(H,29,30)/t21-,23+,26-/m0/s1. The van der Waals surface area contributed by atoms with Crippen LogP contribution in [0.25, 0.3) is 11.1 Å². The lowest BCUT2D eigenvalue weighted by Gasteiger charge is -2.47. The number of aromatic carboxylic acids is 1.